The monoisotopic (exact) mass is 84.1 g/mol. The maximum Gasteiger partial charge on any atom is 0.0841 e. The summed E-state index contributed by atoms with van der Waals surface area (Å²) in [5.74, 6) is 0. The molecule has 0 aromatic carbocycles. The SMILES string of the molecule is C1CC2O[C@H]2C1. The molecule has 0 aromatic rings. The zero-order valence-electron chi connectivity index (χ0n) is 3.68. The highest BCUT2D eigenvalue weighted by molar-refractivity contribution is 4.90. The molecule has 0 radical (unpaired) electrons. The fraction of sp³-hybridized carbons (Fsp3) is 1.00. The van der Waals surface area contributed by atoms with E-state index >= 15 is 0 Å². The minimum Gasteiger partial charge on any atom is -0.370 e. The molecule has 34 valence electrons. The molecule has 1 heteroatoms. The molecule has 2 fully saturated rings. The number of fused-ring (bicyclic) bond motifs is 1. The van der Waals surface area contributed by atoms with E-state index in [0.29, 0.717) is 12.2 Å². The van der Waals surface area contributed by atoms with E-state index in [1.807, 2.05) is 0 Å². The molecular formula is C5H8O. The summed E-state index contributed by atoms with van der Waals surface area (Å²) in [5, 5.41) is 0. The van der Waals surface area contributed by atoms with Crippen molar-refractivity contribution in [3.63, 3.8) is 0 Å². The topological polar surface area (TPSA) is 12.5 Å². The molecule has 1 saturated heterocycles. The summed E-state index contributed by atoms with van der Waals surface area (Å²) in [5.41, 5.74) is 0. The van der Waals surface area contributed by atoms with Gasteiger partial charge in [-0.1, -0.05) is 0 Å². The summed E-state index contributed by atoms with van der Waals surface area (Å²) in [7, 11) is 0. The van der Waals surface area contributed by atoms with Crippen molar-refractivity contribution in [2.75, 3.05) is 0 Å². The van der Waals surface area contributed by atoms with E-state index < -0.39 is 0 Å². The standard InChI is InChI=1S/C5H8O/c1-2-4-5(3-1)6-4/h4-5H,1-3H2/t4-,5?/m0/s1. The Bertz CT molecular complexity index is 62.3. The van der Waals surface area contributed by atoms with Gasteiger partial charge < -0.3 is 4.74 Å². The molecule has 1 heterocycles. The van der Waals surface area contributed by atoms with E-state index in [2.05, 4.69) is 0 Å². The summed E-state index contributed by atoms with van der Waals surface area (Å²) in [4.78, 5) is 0. The summed E-state index contributed by atoms with van der Waals surface area (Å²) in [6.45, 7) is 0. The largest absolute Gasteiger partial charge is 0.370 e. The highest BCUT2D eigenvalue weighted by atomic mass is 16.6. The second-order valence-electron chi connectivity index (χ2n) is 2.14. The lowest BCUT2D eigenvalue weighted by Gasteiger charge is -1.81. The number of epoxide rings is 1. The highest BCUT2D eigenvalue weighted by Gasteiger charge is 2.42. The lowest BCUT2D eigenvalue weighted by Crippen LogP contribution is -1.74. The number of hydrogen-bond acceptors (Lipinski definition) is 1. The summed E-state index contributed by atoms with van der Waals surface area (Å²) in [6.07, 6.45) is 5.51. The highest BCUT2D eigenvalue weighted by Crippen LogP contribution is 2.37. The number of rotatable bonds is 0. The van der Waals surface area contributed by atoms with Gasteiger partial charge in [-0.2, -0.15) is 0 Å². The molecule has 1 unspecified atom stereocenters. The van der Waals surface area contributed by atoms with E-state index in [9.17, 15) is 0 Å². The Morgan fingerprint density at radius 2 is 1.83 bits per heavy atom. The molecule has 1 nitrogen and oxygen atoms in total. The molecule has 1 aliphatic carbocycles. The summed E-state index contributed by atoms with van der Waals surface area (Å²) < 4.78 is 5.15. The van der Waals surface area contributed by atoms with Gasteiger partial charge in [0, 0.05) is 0 Å². The van der Waals surface area contributed by atoms with Crippen molar-refractivity contribution >= 4 is 0 Å². The fourth-order valence-electron chi connectivity index (χ4n) is 1.21. The predicted molar refractivity (Wildman–Crippen MR) is 22.5 cm³/mol. The minimum absolute atomic E-state index is 0.713. The maximum absolute atomic E-state index is 5.15. The van der Waals surface area contributed by atoms with Gasteiger partial charge in [0.25, 0.3) is 0 Å². The smallest absolute Gasteiger partial charge is 0.0841 e. The Kier molecular flexibility index (Phi) is 0.396. The van der Waals surface area contributed by atoms with Crippen LogP contribution in [0.4, 0.5) is 0 Å². The first kappa shape index (κ1) is 3.03. The van der Waals surface area contributed by atoms with Gasteiger partial charge in [0.1, 0.15) is 0 Å². The van der Waals surface area contributed by atoms with Crippen LogP contribution < -0.4 is 0 Å². The van der Waals surface area contributed by atoms with Crippen LogP contribution in [-0.2, 0) is 4.74 Å². The van der Waals surface area contributed by atoms with Crippen LogP contribution in [0, 0.1) is 0 Å². The second kappa shape index (κ2) is 0.784. The van der Waals surface area contributed by atoms with Crippen LogP contribution in [0.3, 0.4) is 0 Å². The summed E-state index contributed by atoms with van der Waals surface area (Å²) in [6, 6.07) is 0. The first-order chi connectivity index (χ1) is 2.97. The van der Waals surface area contributed by atoms with Crippen LogP contribution >= 0.6 is 0 Å². The van der Waals surface area contributed by atoms with Crippen LogP contribution in [0.15, 0.2) is 0 Å². The van der Waals surface area contributed by atoms with Crippen molar-refractivity contribution in [3.8, 4) is 0 Å². The van der Waals surface area contributed by atoms with Crippen molar-refractivity contribution in [3.05, 3.63) is 0 Å². The molecule has 2 rings (SSSR count). The molecule has 0 aromatic heterocycles. The van der Waals surface area contributed by atoms with Gasteiger partial charge in [-0.3, -0.25) is 0 Å². The van der Waals surface area contributed by atoms with Gasteiger partial charge in [0.05, 0.1) is 12.2 Å². The minimum atomic E-state index is 0.713. The van der Waals surface area contributed by atoms with Crippen LogP contribution in [0.25, 0.3) is 0 Å². The molecular weight excluding hydrogens is 76.1 g/mol. The van der Waals surface area contributed by atoms with Crippen molar-refractivity contribution in [2.45, 2.75) is 31.5 Å². The van der Waals surface area contributed by atoms with E-state index in [0.717, 1.165) is 0 Å². The van der Waals surface area contributed by atoms with E-state index in [-0.39, 0.29) is 0 Å². The lowest BCUT2D eigenvalue weighted by atomic mass is 10.4. The van der Waals surface area contributed by atoms with Gasteiger partial charge >= 0.3 is 0 Å². The van der Waals surface area contributed by atoms with Gasteiger partial charge in [-0.15, -0.1) is 0 Å². The molecule has 0 spiro atoms. The van der Waals surface area contributed by atoms with Crippen LogP contribution in [0.1, 0.15) is 19.3 Å². The van der Waals surface area contributed by atoms with Crippen molar-refractivity contribution in [2.24, 2.45) is 0 Å². The first-order valence-electron chi connectivity index (χ1n) is 2.62. The molecule has 2 atom stereocenters. The third kappa shape index (κ3) is 0.243. The third-order valence-electron chi connectivity index (χ3n) is 1.66. The molecule has 0 amide bonds. The predicted octanol–water partition coefficient (Wildman–Crippen LogP) is 0.938. The Hall–Kier alpha value is -0.0400. The molecule has 1 saturated carbocycles. The first-order valence-corrected chi connectivity index (χ1v) is 2.62. The van der Waals surface area contributed by atoms with Crippen molar-refractivity contribution < 1.29 is 4.74 Å². The number of hydrogen-bond donors (Lipinski definition) is 0. The summed E-state index contributed by atoms with van der Waals surface area (Å²) >= 11 is 0. The van der Waals surface area contributed by atoms with Gasteiger partial charge in [-0.25, -0.2) is 0 Å². The molecule has 6 heavy (non-hydrogen) atoms. The third-order valence-corrected chi connectivity index (χ3v) is 1.66. The maximum atomic E-state index is 5.15. The van der Waals surface area contributed by atoms with E-state index in [4.69, 9.17) is 4.74 Å². The molecule has 0 bridgehead atoms. The Morgan fingerprint density at radius 3 is 2.00 bits per heavy atom. The van der Waals surface area contributed by atoms with E-state index in [1.54, 1.807) is 0 Å². The second-order valence-corrected chi connectivity index (χ2v) is 2.14. The van der Waals surface area contributed by atoms with Gasteiger partial charge in [-0.05, 0) is 19.3 Å². The Morgan fingerprint density at radius 1 is 1.17 bits per heavy atom. The molecule has 1 aliphatic heterocycles. The van der Waals surface area contributed by atoms with Crippen LogP contribution in [0.5, 0.6) is 0 Å². The average Bonchev–Trinajstić information content (AvgIpc) is 2.17. The van der Waals surface area contributed by atoms with Crippen molar-refractivity contribution in [1.29, 1.82) is 0 Å². The Balaban J connectivity index is 2.09. The zero-order valence-corrected chi connectivity index (χ0v) is 3.68. The average molecular weight is 84.1 g/mol. The lowest BCUT2D eigenvalue weighted by molar-refractivity contribution is 0.322. The van der Waals surface area contributed by atoms with Crippen molar-refractivity contribution in [1.82, 2.24) is 0 Å². The Labute approximate surface area is 37.3 Å². The van der Waals surface area contributed by atoms with Gasteiger partial charge in [0.2, 0.25) is 0 Å². The number of ether oxygens (including phenoxy) is 1. The quantitative estimate of drug-likeness (QED) is 0.398. The van der Waals surface area contributed by atoms with Crippen LogP contribution in [0.2, 0.25) is 0 Å². The molecule has 2 aliphatic rings. The normalized spacial score (nSPS) is 52.0. The zero-order chi connectivity index (χ0) is 3.98. The molecule has 0 N–H and O–H groups in total. The van der Waals surface area contributed by atoms with E-state index in [1.165, 1.54) is 19.3 Å². The fourth-order valence-corrected chi connectivity index (χ4v) is 1.21. The van der Waals surface area contributed by atoms with Gasteiger partial charge in [0.15, 0.2) is 0 Å². The van der Waals surface area contributed by atoms with Crippen LogP contribution in [-0.4, -0.2) is 12.2 Å².